The first-order valence-corrected chi connectivity index (χ1v) is 10.9. The fourth-order valence-electron chi connectivity index (χ4n) is 4.39. The molecular formula is C25H30N2O3. The van der Waals surface area contributed by atoms with Crippen molar-refractivity contribution in [2.45, 2.75) is 52.0 Å². The number of fused-ring (bicyclic) bond motifs is 1. The predicted molar refractivity (Wildman–Crippen MR) is 118 cm³/mol. The van der Waals surface area contributed by atoms with Gasteiger partial charge in [0.25, 0.3) is 5.91 Å². The minimum absolute atomic E-state index is 0.0783. The van der Waals surface area contributed by atoms with Crippen LogP contribution in [0.5, 0.6) is 5.75 Å². The number of nitrogens with one attached hydrogen (secondary N) is 2. The van der Waals surface area contributed by atoms with Crippen LogP contribution in [-0.2, 0) is 11.2 Å². The Labute approximate surface area is 178 Å². The maximum atomic E-state index is 12.8. The molecule has 158 valence electrons. The average molecular weight is 407 g/mol. The normalized spacial score (nSPS) is 23.1. The molecule has 1 aliphatic heterocycles. The van der Waals surface area contributed by atoms with Crippen LogP contribution in [-0.4, -0.2) is 24.5 Å². The molecule has 5 nitrogen and oxygen atoms in total. The molecule has 2 N–H and O–H groups in total. The quantitative estimate of drug-likeness (QED) is 0.786. The van der Waals surface area contributed by atoms with E-state index in [0.717, 1.165) is 35.6 Å². The van der Waals surface area contributed by atoms with Crippen molar-refractivity contribution in [3.8, 4) is 5.75 Å². The summed E-state index contributed by atoms with van der Waals surface area (Å²) in [5.41, 5.74) is 3.27. The third kappa shape index (κ3) is 4.66. The number of benzene rings is 2. The fourth-order valence-corrected chi connectivity index (χ4v) is 4.39. The molecule has 2 aliphatic rings. The Morgan fingerprint density at radius 2 is 1.80 bits per heavy atom. The summed E-state index contributed by atoms with van der Waals surface area (Å²) in [6, 6.07) is 13.4. The molecule has 1 aliphatic carbocycles. The molecular weight excluding hydrogens is 376 g/mol. The van der Waals surface area contributed by atoms with Gasteiger partial charge in [0, 0.05) is 17.3 Å². The summed E-state index contributed by atoms with van der Waals surface area (Å²) in [5.74, 6) is 1.30. The van der Waals surface area contributed by atoms with Gasteiger partial charge in [-0.1, -0.05) is 25.1 Å². The van der Waals surface area contributed by atoms with Crippen molar-refractivity contribution in [2.75, 3.05) is 11.9 Å². The Balaban J connectivity index is 1.40. The largest absolute Gasteiger partial charge is 0.492 e. The molecule has 30 heavy (non-hydrogen) atoms. The van der Waals surface area contributed by atoms with Gasteiger partial charge in [-0.25, -0.2) is 0 Å². The highest BCUT2D eigenvalue weighted by molar-refractivity contribution is 6.05. The van der Waals surface area contributed by atoms with E-state index in [2.05, 4.69) is 17.6 Å². The molecule has 4 rings (SSSR count). The number of anilines is 1. The van der Waals surface area contributed by atoms with Gasteiger partial charge in [0.05, 0.1) is 5.92 Å². The molecule has 0 saturated heterocycles. The lowest BCUT2D eigenvalue weighted by Crippen LogP contribution is -2.43. The minimum atomic E-state index is -0.195. The van der Waals surface area contributed by atoms with Gasteiger partial charge in [-0.3, -0.25) is 9.59 Å². The zero-order valence-electron chi connectivity index (χ0n) is 17.7. The topological polar surface area (TPSA) is 67.4 Å². The van der Waals surface area contributed by atoms with Crippen LogP contribution in [0.4, 0.5) is 5.69 Å². The molecule has 0 spiro atoms. The maximum Gasteiger partial charge on any atom is 0.255 e. The van der Waals surface area contributed by atoms with Gasteiger partial charge < -0.3 is 15.4 Å². The van der Waals surface area contributed by atoms with E-state index < -0.39 is 0 Å². The molecule has 1 saturated carbocycles. The zero-order valence-corrected chi connectivity index (χ0v) is 17.7. The first-order chi connectivity index (χ1) is 14.5. The molecule has 2 amide bonds. The minimum Gasteiger partial charge on any atom is -0.492 e. The number of hydrogen-bond donors (Lipinski definition) is 2. The van der Waals surface area contributed by atoms with Crippen molar-refractivity contribution in [1.29, 1.82) is 0 Å². The molecule has 1 heterocycles. The van der Waals surface area contributed by atoms with Gasteiger partial charge in [-0.15, -0.1) is 0 Å². The number of rotatable bonds is 4. The highest BCUT2D eigenvalue weighted by Gasteiger charge is 2.29. The number of amides is 2. The third-order valence-corrected chi connectivity index (χ3v) is 6.35. The summed E-state index contributed by atoms with van der Waals surface area (Å²) in [6.45, 7) is 4.60. The third-order valence-electron chi connectivity index (χ3n) is 6.35. The monoisotopic (exact) mass is 406 g/mol. The average Bonchev–Trinajstić information content (AvgIpc) is 2.75. The van der Waals surface area contributed by atoms with E-state index in [9.17, 15) is 9.59 Å². The molecule has 1 unspecified atom stereocenters. The molecule has 0 bridgehead atoms. The molecule has 1 atom stereocenters. The van der Waals surface area contributed by atoms with Gasteiger partial charge in [0.2, 0.25) is 5.91 Å². The van der Waals surface area contributed by atoms with E-state index in [4.69, 9.17) is 4.74 Å². The van der Waals surface area contributed by atoms with Crippen LogP contribution in [0.15, 0.2) is 42.5 Å². The predicted octanol–water partition coefficient (Wildman–Crippen LogP) is 4.49. The molecule has 5 heteroatoms. The molecule has 0 radical (unpaired) electrons. The Morgan fingerprint density at radius 3 is 2.57 bits per heavy atom. The lowest BCUT2D eigenvalue weighted by molar-refractivity contribution is -0.127. The van der Waals surface area contributed by atoms with Crippen LogP contribution in [0, 0.1) is 18.8 Å². The highest BCUT2D eigenvalue weighted by atomic mass is 16.5. The van der Waals surface area contributed by atoms with Crippen molar-refractivity contribution >= 4 is 17.5 Å². The summed E-state index contributed by atoms with van der Waals surface area (Å²) >= 11 is 0. The second kappa shape index (κ2) is 8.90. The maximum absolute atomic E-state index is 12.8. The first kappa shape index (κ1) is 20.5. The van der Waals surface area contributed by atoms with Crippen molar-refractivity contribution in [2.24, 2.45) is 11.8 Å². The number of carbonyl (C=O) groups is 2. The van der Waals surface area contributed by atoms with Crippen LogP contribution in [0.2, 0.25) is 0 Å². The molecule has 0 aromatic heterocycles. The van der Waals surface area contributed by atoms with Crippen molar-refractivity contribution in [1.82, 2.24) is 5.32 Å². The molecule has 1 fully saturated rings. The van der Waals surface area contributed by atoms with E-state index in [-0.39, 0.29) is 23.8 Å². The summed E-state index contributed by atoms with van der Waals surface area (Å²) in [6.07, 6.45) is 5.11. The van der Waals surface area contributed by atoms with Gasteiger partial charge in [-0.2, -0.15) is 0 Å². The second-order valence-electron chi connectivity index (χ2n) is 8.77. The van der Waals surface area contributed by atoms with E-state index in [1.54, 1.807) is 0 Å². The van der Waals surface area contributed by atoms with Crippen LogP contribution >= 0.6 is 0 Å². The smallest absolute Gasteiger partial charge is 0.255 e. The van der Waals surface area contributed by atoms with Crippen LogP contribution in [0.3, 0.4) is 0 Å². The number of ether oxygens (including phenoxy) is 1. The summed E-state index contributed by atoms with van der Waals surface area (Å²) in [4.78, 5) is 25.4. The van der Waals surface area contributed by atoms with E-state index >= 15 is 0 Å². The van der Waals surface area contributed by atoms with Gasteiger partial charge in [0.1, 0.15) is 12.4 Å². The van der Waals surface area contributed by atoms with E-state index in [0.29, 0.717) is 24.3 Å². The zero-order chi connectivity index (χ0) is 21.1. The van der Waals surface area contributed by atoms with E-state index in [1.165, 1.54) is 12.8 Å². The van der Waals surface area contributed by atoms with Crippen LogP contribution in [0.1, 0.15) is 54.1 Å². The first-order valence-electron chi connectivity index (χ1n) is 10.9. The Bertz CT molecular complexity index is 932. The van der Waals surface area contributed by atoms with Crippen molar-refractivity contribution < 1.29 is 14.3 Å². The standard InChI is InChI=1S/C25H30N2O3/c1-16-7-9-20(10-8-16)26-24(28)19-13-18-14-21(11-12-23(18)30-15-19)27-25(29)22-6-4-3-5-17(22)2/h3-6,11-12,14,16,19-20H,7-10,13,15H2,1-2H3,(H,26,28)(H,27,29). The Kier molecular flexibility index (Phi) is 6.07. The van der Waals surface area contributed by atoms with E-state index in [1.807, 2.05) is 49.4 Å². The van der Waals surface area contributed by atoms with Crippen molar-refractivity contribution in [3.05, 3.63) is 59.2 Å². The van der Waals surface area contributed by atoms with Crippen LogP contribution < -0.4 is 15.4 Å². The van der Waals surface area contributed by atoms with Gasteiger partial charge >= 0.3 is 0 Å². The Hall–Kier alpha value is -2.82. The molecule has 2 aromatic carbocycles. The summed E-state index contributed by atoms with van der Waals surface area (Å²) < 4.78 is 5.85. The lowest BCUT2D eigenvalue weighted by Gasteiger charge is -2.30. The summed E-state index contributed by atoms with van der Waals surface area (Å²) in [7, 11) is 0. The fraction of sp³-hybridized carbons (Fsp3) is 0.440. The number of aryl methyl sites for hydroxylation is 1. The number of carbonyl (C=O) groups excluding carboxylic acids is 2. The summed E-state index contributed by atoms with van der Waals surface area (Å²) in [5, 5.41) is 6.19. The van der Waals surface area contributed by atoms with Gasteiger partial charge in [-0.05, 0) is 80.3 Å². The lowest BCUT2D eigenvalue weighted by atomic mass is 9.87. The van der Waals surface area contributed by atoms with Gasteiger partial charge in [0.15, 0.2) is 0 Å². The SMILES string of the molecule is Cc1ccccc1C(=O)Nc1ccc2c(c1)CC(C(=O)NC1CCC(C)CC1)CO2. The Morgan fingerprint density at radius 1 is 1.03 bits per heavy atom. The number of hydrogen-bond acceptors (Lipinski definition) is 3. The van der Waals surface area contributed by atoms with Crippen molar-refractivity contribution in [3.63, 3.8) is 0 Å². The second-order valence-corrected chi connectivity index (χ2v) is 8.77. The molecule has 2 aromatic rings. The van der Waals surface area contributed by atoms with Crippen LogP contribution in [0.25, 0.3) is 0 Å². The highest BCUT2D eigenvalue weighted by Crippen LogP contribution is 2.31.